The highest BCUT2D eigenvalue weighted by Crippen LogP contribution is 2.41. The first kappa shape index (κ1) is 20.4. The van der Waals surface area contributed by atoms with Crippen LogP contribution < -0.4 is 4.74 Å². The summed E-state index contributed by atoms with van der Waals surface area (Å²) < 4.78 is 5.88. The number of fused-ring (bicyclic) bond motifs is 1. The maximum atomic E-state index is 12.8. The van der Waals surface area contributed by atoms with Gasteiger partial charge in [0.05, 0.1) is 5.39 Å². The number of rotatable bonds is 6. The molecule has 0 bridgehead atoms. The summed E-state index contributed by atoms with van der Waals surface area (Å²) in [4.78, 5) is 40.6. The molecule has 5 rings (SSSR count). The number of benzene rings is 1. The van der Waals surface area contributed by atoms with Crippen LogP contribution in [0.5, 0.6) is 5.88 Å². The number of aromatic amines is 1. The highest BCUT2D eigenvalue weighted by Gasteiger charge is 2.22. The van der Waals surface area contributed by atoms with Gasteiger partial charge in [-0.2, -0.15) is 0 Å². The van der Waals surface area contributed by atoms with Gasteiger partial charge in [-0.3, -0.25) is 9.59 Å². The van der Waals surface area contributed by atoms with Gasteiger partial charge in [0.15, 0.2) is 6.61 Å². The van der Waals surface area contributed by atoms with Crippen LogP contribution in [0.25, 0.3) is 21.3 Å². The minimum atomic E-state index is -0.221. The van der Waals surface area contributed by atoms with Gasteiger partial charge >= 0.3 is 0 Å². The van der Waals surface area contributed by atoms with E-state index in [9.17, 15) is 9.59 Å². The van der Waals surface area contributed by atoms with E-state index in [0.717, 1.165) is 52.2 Å². The third-order valence-electron chi connectivity index (χ3n) is 5.66. The molecule has 3 aromatic heterocycles. The Balaban J connectivity index is 1.37. The molecule has 0 radical (unpaired) electrons. The van der Waals surface area contributed by atoms with Crippen LogP contribution in [-0.2, 0) is 0 Å². The number of hydrogen-bond donors (Lipinski definition) is 1. The number of Topliss-reactive ketones (excluding diaryl/α,β-unsaturated/α-hetero) is 1. The number of ketones is 1. The van der Waals surface area contributed by atoms with Crippen molar-refractivity contribution in [3.63, 3.8) is 0 Å². The number of ether oxygens (including phenoxy) is 1. The predicted octanol–water partition coefficient (Wildman–Crippen LogP) is 4.49. The molecule has 1 saturated heterocycles. The van der Waals surface area contributed by atoms with Crippen molar-refractivity contribution in [3.8, 4) is 17.0 Å². The zero-order valence-corrected chi connectivity index (χ0v) is 18.4. The minimum absolute atomic E-state index is 0.0683. The number of hydrogen-bond acceptors (Lipinski definition) is 6. The Kier molecular flexibility index (Phi) is 5.45. The van der Waals surface area contributed by atoms with Crippen molar-refractivity contribution in [1.82, 2.24) is 19.9 Å². The standard InChI is InChI=1S/C24H22N4O3S/c1-15-20(16-7-3-2-4-8-16)21-22(26-14-27-23(21)32-15)31-13-19(29)17-11-18(25-12-17)24(30)28-9-5-6-10-28/h2-4,7-8,11-12,14,25H,5-6,9-10,13H2,1H3. The smallest absolute Gasteiger partial charge is 0.270 e. The number of thiophene rings is 1. The van der Waals surface area contributed by atoms with Gasteiger partial charge in [-0.05, 0) is 31.4 Å². The van der Waals surface area contributed by atoms with Crippen LogP contribution in [0.4, 0.5) is 0 Å². The van der Waals surface area contributed by atoms with E-state index in [2.05, 4.69) is 15.0 Å². The predicted molar refractivity (Wildman–Crippen MR) is 123 cm³/mol. The first-order valence-corrected chi connectivity index (χ1v) is 11.4. The van der Waals surface area contributed by atoms with Crippen molar-refractivity contribution in [2.75, 3.05) is 19.7 Å². The van der Waals surface area contributed by atoms with Gasteiger partial charge < -0.3 is 14.6 Å². The van der Waals surface area contributed by atoms with Gasteiger partial charge in [0.2, 0.25) is 11.7 Å². The Morgan fingerprint density at radius 3 is 2.72 bits per heavy atom. The summed E-state index contributed by atoms with van der Waals surface area (Å²) in [7, 11) is 0. The van der Waals surface area contributed by atoms with Gasteiger partial charge in [-0.15, -0.1) is 11.3 Å². The molecule has 0 saturated carbocycles. The Morgan fingerprint density at radius 1 is 1.16 bits per heavy atom. The molecule has 0 aliphatic carbocycles. The SMILES string of the molecule is Cc1sc2ncnc(OCC(=O)c3c[nH]c(C(=O)N4CCCC4)c3)c2c1-c1ccccc1. The zero-order valence-electron chi connectivity index (χ0n) is 17.6. The molecule has 0 atom stereocenters. The van der Waals surface area contributed by atoms with Gasteiger partial charge in [0, 0.05) is 35.3 Å². The highest BCUT2D eigenvalue weighted by molar-refractivity contribution is 7.19. The summed E-state index contributed by atoms with van der Waals surface area (Å²) in [6.45, 7) is 3.39. The molecular weight excluding hydrogens is 424 g/mol. The molecule has 1 N–H and O–H groups in total. The molecule has 4 heterocycles. The van der Waals surface area contributed by atoms with Crippen molar-refractivity contribution in [2.24, 2.45) is 0 Å². The molecule has 8 heteroatoms. The molecule has 32 heavy (non-hydrogen) atoms. The van der Waals surface area contributed by atoms with Crippen LogP contribution in [0.2, 0.25) is 0 Å². The van der Waals surface area contributed by atoms with Crippen molar-refractivity contribution >= 4 is 33.2 Å². The molecule has 0 spiro atoms. The number of carbonyl (C=O) groups is 2. The second-order valence-corrected chi connectivity index (χ2v) is 8.97. The maximum absolute atomic E-state index is 12.8. The lowest BCUT2D eigenvalue weighted by Gasteiger charge is -2.13. The normalized spacial score (nSPS) is 13.6. The monoisotopic (exact) mass is 446 g/mol. The quantitative estimate of drug-likeness (QED) is 0.441. The Labute approximate surface area is 189 Å². The molecule has 162 valence electrons. The summed E-state index contributed by atoms with van der Waals surface area (Å²) >= 11 is 1.57. The largest absolute Gasteiger partial charge is 0.469 e. The van der Waals surface area contributed by atoms with Crippen LogP contribution >= 0.6 is 11.3 Å². The summed E-state index contributed by atoms with van der Waals surface area (Å²) in [5.74, 6) is 0.0957. The number of carbonyl (C=O) groups excluding carboxylic acids is 2. The van der Waals surface area contributed by atoms with Crippen molar-refractivity contribution in [1.29, 1.82) is 0 Å². The van der Waals surface area contributed by atoms with Gasteiger partial charge in [0.25, 0.3) is 5.91 Å². The second-order valence-electron chi connectivity index (χ2n) is 7.77. The van der Waals surface area contributed by atoms with Crippen LogP contribution in [0.1, 0.15) is 38.6 Å². The Morgan fingerprint density at radius 2 is 1.94 bits per heavy atom. The molecule has 1 aliphatic rings. The molecule has 0 unspecified atom stereocenters. The van der Waals surface area contributed by atoms with E-state index in [0.29, 0.717) is 17.1 Å². The second kappa shape index (κ2) is 8.55. The Hall–Kier alpha value is -3.52. The lowest BCUT2D eigenvalue weighted by atomic mass is 10.0. The van der Waals surface area contributed by atoms with E-state index < -0.39 is 0 Å². The summed E-state index contributed by atoms with van der Waals surface area (Å²) in [5.41, 5.74) is 2.92. The number of H-pyrrole nitrogens is 1. The fraction of sp³-hybridized carbons (Fsp3) is 0.250. The third kappa shape index (κ3) is 3.78. The topological polar surface area (TPSA) is 88.2 Å². The van der Waals surface area contributed by atoms with E-state index >= 15 is 0 Å². The first-order chi connectivity index (χ1) is 15.6. The number of likely N-dealkylation sites (tertiary alicyclic amines) is 1. The van der Waals surface area contributed by atoms with Gasteiger partial charge in [-0.25, -0.2) is 9.97 Å². The summed E-state index contributed by atoms with van der Waals surface area (Å²) in [6, 6.07) is 11.6. The van der Waals surface area contributed by atoms with Crippen molar-refractivity contribution < 1.29 is 14.3 Å². The highest BCUT2D eigenvalue weighted by atomic mass is 32.1. The van der Waals surface area contributed by atoms with Gasteiger partial charge in [0.1, 0.15) is 16.9 Å². The summed E-state index contributed by atoms with van der Waals surface area (Å²) in [5, 5.41) is 0.813. The molecule has 7 nitrogen and oxygen atoms in total. The van der Waals surface area contributed by atoms with Crippen molar-refractivity contribution in [3.05, 3.63) is 65.1 Å². The van der Waals surface area contributed by atoms with E-state index in [4.69, 9.17) is 4.74 Å². The molecular formula is C24H22N4O3S. The minimum Gasteiger partial charge on any atom is -0.469 e. The average Bonchev–Trinajstić information content (AvgIpc) is 3.57. The zero-order chi connectivity index (χ0) is 22.1. The molecule has 1 fully saturated rings. The van der Waals surface area contributed by atoms with E-state index in [1.165, 1.54) is 6.33 Å². The number of aryl methyl sites for hydroxylation is 1. The van der Waals surface area contributed by atoms with Gasteiger partial charge in [-0.1, -0.05) is 30.3 Å². The number of aromatic nitrogens is 3. The molecule has 1 amide bonds. The Bertz CT molecular complexity index is 1290. The average molecular weight is 447 g/mol. The van der Waals surface area contributed by atoms with E-state index in [1.807, 2.05) is 37.3 Å². The van der Waals surface area contributed by atoms with Crippen LogP contribution in [0.15, 0.2) is 48.9 Å². The fourth-order valence-electron chi connectivity index (χ4n) is 4.07. The third-order valence-corrected chi connectivity index (χ3v) is 6.67. The fourth-order valence-corrected chi connectivity index (χ4v) is 5.07. The number of nitrogens with one attached hydrogen (secondary N) is 1. The summed E-state index contributed by atoms with van der Waals surface area (Å²) in [6.07, 6.45) is 5.06. The number of nitrogens with zero attached hydrogens (tertiary/aromatic N) is 3. The lowest BCUT2D eigenvalue weighted by Crippen LogP contribution is -2.27. The first-order valence-electron chi connectivity index (χ1n) is 10.5. The molecule has 4 aromatic rings. The maximum Gasteiger partial charge on any atom is 0.270 e. The lowest BCUT2D eigenvalue weighted by molar-refractivity contribution is 0.0787. The van der Waals surface area contributed by atoms with Crippen LogP contribution in [-0.4, -0.2) is 51.2 Å². The molecule has 1 aliphatic heterocycles. The van der Waals surface area contributed by atoms with Crippen LogP contribution in [0.3, 0.4) is 0 Å². The number of amides is 1. The molecule has 1 aromatic carbocycles. The van der Waals surface area contributed by atoms with Crippen LogP contribution in [0, 0.1) is 6.92 Å². The van der Waals surface area contributed by atoms with E-state index in [-0.39, 0.29) is 18.3 Å². The van der Waals surface area contributed by atoms with Crippen molar-refractivity contribution in [2.45, 2.75) is 19.8 Å². The van der Waals surface area contributed by atoms with E-state index in [1.54, 1.807) is 28.5 Å².